The molecular formula is C19H30Cl2IN3O3. The summed E-state index contributed by atoms with van der Waals surface area (Å²) >= 11 is 11.9. The molecule has 6 nitrogen and oxygen atoms in total. The predicted octanol–water partition coefficient (Wildman–Crippen LogP) is 3.99. The minimum Gasteiger partial charge on any atom is -0.492 e. The first kappa shape index (κ1) is 25.6. The summed E-state index contributed by atoms with van der Waals surface area (Å²) in [6, 6.07) is 5.21. The second-order valence-electron chi connectivity index (χ2n) is 6.36. The maximum Gasteiger partial charge on any atom is 0.190 e. The largest absolute Gasteiger partial charge is 0.492 e. The highest BCUT2D eigenvalue weighted by atomic mass is 127. The van der Waals surface area contributed by atoms with E-state index >= 15 is 0 Å². The van der Waals surface area contributed by atoms with E-state index in [1.165, 1.54) is 0 Å². The predicted molar refractivity (Wildman–Crippen MR) is 126 cm³/mol. The van der Waals surface area contributed by atoms with Gasteiger partial charge < -0.3 is 24.8 Å². The first-order valence-electron chi connectivity index (χ1n) is 9.37. The van der Waals surface area contributed by atoms with Crippen LogP contribution in [-0.4, -0.2) is 59.1 Å². The number of nitrogens with one attached hydrogen (secondary N) is 2. The Bertz CT molecular complexity index is 588. The third-order valence-corrected chi connectivity index (χ3v) is 4.65. The maximum absolute atomic E-state index is 6.07. The molecule has 2 N–H and O–H groups in total. The van der Waals surface area contributed by atoms with Gasteiger partial charge in [0.15, 0.2) is 5.96 Å². The van der Waals surface area contributed by atoms with E-state index in [-0.39, 0.29) is 24.0 Å². The Labute approximate surface area is 194 Å². The summed E-state index contributed by atoms with van der Waals surface area (Å²) in [6.07, 6.45) is 2.88. The van der Waals surface area contributed by atoms with E-state index in [0.717, 1.165) is 64.7 Å². The Morgan fingerprint density at radius 3 is 2.61 bits per heavy atom. The first-order chi connectivity index (χ1) is 13.2. The quantitative estimate of drug-likeness (QED) is 0.190. The Morgan fingerprint density at radius 2 is 1.96 bits per heavy atom. The summed E-state index contributed by atoms with van der Waals surface area (Å²) in [7, 11) is 1.76. The van der Waals surface area contributed by atoms with Crippen molar-refractivity contribution in [3.05, 3.63) is 28.2 Å². The van der Waals surface area contributed by atoms with E-state index in [1.807, 2.05) is 0 Å². The van der Waals surface area contributed by atoms with Crippen molar-refractivity contribution in [2.24, 2.45) is 10.9 Å². The van der Waals surface area contributed by atoms with Crippen LogP contribution in [0.25, 0.3) is 0 Å². The molecule has 160 valence electrons. The van der Waals surface area contributed by atoms with Gasteiger partial charge in [-0.3, -0.25) is 4.99 Å². The van der Waals surface area contributed by atoms with Crippen molar-refractivity contribution in [2.75, 3.05) is 53.2 Å². The molecule has 1 aromatic rings. The topological polar surface area (TPSA) is 64.1 Å². The lowest BCUT2D eigenvalue weighted by Gasteiger charge is -2.13. The van der Waals surface area contributed by atoms with Crippen molar-refractivity contribution >= 4 is 53.1 Å². The number of rotatable bonds is 11. The van der Waals surface area contributed by atoms with Crippen molar-refractivity contribution in [1.82, 2.24) is 10.6 Å². The molecular weight excluding hydrogens is 516 g/mol. The zero-order chi connectivity index (χ0) is 19.3. The van der Waals surface area contributed by atoms with Gasteiger partial charge in [0.05, 0.1) is 24.8 Å². The fourth-order valence-electron chi connectivity index (χ4n) is 2.62. The lowest BCUT2D eigenvalue weighted by atomic mass is 10.1. The summed E-state index contributed by atoms with van der Waals surface area (Å²) in [5.41, 5.74) is 0. The molecule has 1 aliphatic heterocycles. The van der Waals surface area contributed by atoms with Gasteiger partial charge in [0.1, 0.15) is 5.75 Å². The van der Waals surface area contributed by atoms with Gasteiger partial charge in [-0.25, -0.2) is 0 Å². The van der Waals surface area contributed by atoms with Crippen molar-refractivity contribution in [1.29, 1.82) is 0 Å². The van der Waals surface area contributed by atoms with Crippen molar-refractivity contribution < 1.29 is 14.2 Å². The molecule has 1 unspecified atom stereocenters. The minimum atomic E-state index is 0. The van der Waals surface area contributed by atoms with Crippen molar-refractivity contribution in [3.8, 4) is 5.75 Å². The van der Waals surface area contributed by atoms with Gasteiger partial charge in [0.25, 0.3) is 0 Å². The van der Waals surface area contributed by atoms with E-state index in [9.17, 15) is 0 Å². The van der Waals surface area contributed by atoms with Crippen LogP contribution in [0.5, 0.6) is 5.75 Å². The van der Waals surface area contributed by atoms with Gasteiger partial charge in [0, 0.05) is 44.3 Å². The van der Waals surface area contributed by atoms with Gasteiger partial charge in [-0.05, 0) is 37.5 Å². The molecule has 1 atom stereocenters. The lowest BCUT2D eigenvalue weighted by molar-refractivity contribution is 0.0888. The molecule has 0 aliphatic carbocycles. The Kier molecular flexibility index (Phi) is 14.0. The zero-order valence-corrected chi connectivity index (χ0v) is 20.1. The van der Waals surface area contributed by atoms with Crippen LogP contribution in [0.1, 0.15) is 19.3 Å². The summed E-state index contributed by atoms with van der Waals surface area (Å²) < 4.78 is 16.7. The van der Waals surface area contributed by atoms with Gasteiger partial charge in [0.2, 0.25) is 0 Å². The van der Waals surface area contributed by atoms with Crippen LogP contribution in [0.3, 0.4) is 0 Å². The molecule has 0 aromatic heterocycles. The molecule has 0 amide bonds. The van der Waals surface area contributed by atoms with E-state index in [4.69, 9.17) is 37.4 Å². The molecule has 1 aliphatic rings. The summed E-state index contributed by atoms with van der Waals surface area (Å²) in [6.45, 7) is 5.38. The highest BCUT2D eigenvalue weighted by Gasteiger charge is 2.15. The fourth-order valence-corrected chi connectivity index (χ4v) is 3.08. The molecule has 0 spiro atoms. The molecule has 0 saturated carbocycles. The van der Waals surface area contributed by atoms with E-state index < -0.39 is 0 Å². The average molecular weight is 546 g/mol. The number of hydrogen-bond donors (Lipinski definition) is 2. The monoisotopic (exact) mass is 545 g/mol. The van der Waals surface area contributed by atoms with Crippen LogP contribution in [-0.2, 0) is 9.47 Å². The van der Waals surface area contributed by atoms with Crippen LogP contribution in [0, 0.1) is 5.92 Å². The third-order valence-electron chi connectivity index (χ3n) is 4.12. The maximum atomic E-state index is 6.07. The Balaban J connectivity index is 0.00000392. The number of hydrogen-bond acceptors (Lipinski definition) is 4. The number of guanidine groups is 1. The second-order valence-corrected chi connectivity index (χ2v) is 7.20. The van der Waals surface area contributed by atoms with Gasteiger partial charge in [-0.1, -0.05) is 23.2 Å². The standard InChI is InChI=1S/C19H29Cl2N3O3.HI/c1-22-19(23-7-2-9-25-13-15-6-11-26-14-15)24-8-3-10-27-18-5-4-16(20)12-17(18)21;/h4-5,12,15H,2-3,6-11,13-14H2,1H3,(H2,22,23,24);1H. The summed E-state index contributed by atoms with van der Waals surface area (Å²) in [5, 5.41) is 7.66. The van der Waals surface area contributed by atoms with Crippen LogP contribution >= 0.6 is 47.2 Å². The SMILES string of the molecule is CN=C(NCCCOCC1CCOC1)NCCCOc1ccc(Cl)cc1Cl.I. The molecule has 28 heavy (non-hydrogen) atoms. The molecule has 1 saturated heterocycles. The van der Waals surface area contributed by atoms with E-state index in [2.05, 4.69) is 15.6 Å². The fraction of sp³-hybridized carbons (Fsp3) is 0.632. The van der Waals surface area contributed by atoms with Gasteiger partial charge in [-0.15, -0.1) is 24.0 Å². The van der Waals surface area contributed by atoms with Crippen LogP contribution in [0.4, 0.5) is 0 Å². The number of nitrogens with zero attached hydrogens (tertiary/aromatic N) is 1. The highest BCUT2D eigenvalue weighted by Crippen LogP contribution is 2.27. The van der Waals surface area contributed by atoms with Crippen LogP contribution in [0.15, 0.2) is 23.2 Å². The zero-order valence-electron chi connectivity index (χ0n) is 16.2. The summed E-state index contributed by atoms with van der Waals surface area (Å²) in [5.74, 6) is 1.99. The number of benzene rings is 1. The minimum absolute atomic E-state index is 0. The van der Waals surface area contributed by atoms with Crippen molar-refractivity contribution in [3.63, 3.8) is 0 Å². The molecule has 1 aromatic carbocycles. The molecule has 1 heterocycles. The highest BCUT2D eigenvalue weighted by molar-refractivity contribution is 14.0. The Morgan fingerprint density at radius 1 is 1.21 bits per heavy atom. The van der Waals surface area contributed by atoms with Gasteiger partial charge in [-0.2, -0.15) is 0 Å². The molecule has 0 bridgehead atoms. The summed E-state index contributed by atoms with van der Waals surface area (Å²) in [4.78, 5) is 4.21. The lowest BCUT2D eigenvalue weighted by Crippen LogP contribution is -2.38. The average Bonchev–Trinajstić information content (AvgIpc) is 3.17. The molecule has 1 fully saturated rings. The number of halogens is 3. The molecule has 0 radical (unpaired) electrons. The number of aliphatic imine (C=N–C) groups is 1. The first-order valence-corrected chi connectivity index (χ1v) is 10.1. The Hall–Kier alpha value is -0.480. The molecule has 2 rings (SSSR count). The van der Waals surface area contributed by atoms with Crippen LogP contribution in [0.2, 0.25) is 10.0 Å². The normalized spacial score (nSPS) is 16.5. The van der Waals surface area contributed by atoms with E-state index in [1.54, 1.807) is 25.2 Å². The van der Waals surface area contributed by atoms with Crippen LogP contribution < -0.4 is 15.4 Å². The number of ether oxygens (including phenoxy) is 3. The van der Waals surface area contributed by atoms with E-state index in [0.29, 0.717) is 28.3 Å². The van der Waals surface area contributed by atoms with Crippen molar-refractivity contribution in [2.45, 2.75) is 19.3 Å². The third kappa shape index (κ3) is 10.3. The second kappa shape index (κ2) is 15.4. The van der Waals surface area contributed by atoms with Gasteiger partial charge >= 0.3 is 0 Å². The molecule has 9 heteroatoms. The smallest absolute Gasteiger partial charge is 0.190 e.